The van der Waals surface area contributed by atoms with E-state index in [1.165, 1.54) is 0 Å². The van der Waals surface area contributed by atoms with E-state index in [2.05, 4.69) is 24.2 Å². The topological polar surface area (TPSA) is 35.8 Å². The quantitative estimate of drug-likeness (QED) is 0.484. The molecule has 0 aromatic heterocycles. The van der Waals surface area contributed by atoms with E-state index in [1.54, 1.807) is 6.08 Å². The summed E-state index contributed by atoms with van der Waals surface area (Å²) in [6.07, 6.45) is 5.90. The van der Waals surface area contributed by atoms with Gasteiger partial charge in [0.05, 0.1) is 12.1 Å². The van der Waals surface area contributed by atoms with Gasteiger partial charge in [-0.3, -0.25) is 5.32 Å². The SMILES string of the molecule is C=CCNC(C#N)CCCSC. The van der Waals surface area contributed by atoms with Crippen molar-refractivity contribution in [1.82, 2.24) is 5.32 Å². The zero-order chi connectivity index (χ0) is 9.23. The van der Waals surface area contributed by atoms with Crippen molar-refractivity contribution in [3.8, 4) is 6.07 Å². The highest BCUT2D eigenvalue weighted by atomic mass is 32.2. The number of nitriles is 1. The summed E-state index contributed by atoms with van der Waals surface area (Å²) < 4.78 is 0. The van der Waals surface area contributed by atoms with Gasteiger partial charge in [-0.15, -0.1) is 6.58 Å². The number of nitrogens with zero attached hydrogens (tertiary/aromatic N) is 1. The Bertz CT molecular complexity index is 151. The maximum atomic E-state index is 8.70. The van der Waals surface area contributed by atoms with Crippen LogP contribution in [0.2, 0.25) is 0 Å². The van der Waals surface area contributed by atoms with Crippen LogP contribution >= 0.6 is 11.8 Å². The Hall–Kier alpha value is -0.460. The summed E-state index contributed by atoms with van der Waals surface area (Å²) in [6.45, 7) is 4.31. The number of thioether (sulfide) groups is 1. The first kappa shape index (κ1) is 11.5. The van der Waals surface area contributed by atoms with Gasteiger partial charge in [0.1, 0.15) is 0 Å². The molecular weight excluding hydrogens is 168 g/mol. The Balaban J connectivity index is 3.41. The molecule has 0 aliphatic carbocycles. The van der Waals surface area contributed by atoms with Crippen LogP contribution in [0.1, 0.15) is 12.8 Å². The normalized spacial score (nSPS) is 12.0. The largest absolute Gasteiger partial charge is 0.298 e. The minimum atomic E-state index is -0.00449. The van der Waals surface area contributed by atoms with Gasteiger partial charge in [0.2, 0.25) is 0 Å². The van der Waals surface area contributed by atoms with Gasteiger partial charge in [0.25, 0.3) is 0 Å². The van der Waals surface area contributed by atoms with Crippen molar-refractivity contribution in [2.24, 2.45) is 0 Å². The van der Waals surface area contributed by atoms with Gasteiger partial charge in [-0.2, -0.15) is 17.0 Å². The fraction of sp³-hybridized carbons (Fsp3) is 0.667. The third kappa shape index (κ3) is 6.26. The predicted octanol–water partition coefficient (Wildman–Crippen LogP) is 1.80. The molecule has 1 atom stereocenters. The van der Waals surface area contributed by atoms with Gasteiger partial charge in [0, 0.05) is 6.54 Å². The van der Waals surface area contributed by atoms with Crippen LogP contribution in [-0.4, -0.2) is 24.6 Å². The standard InChI is InChI=1S/C9H16N2S/c1-3-6-11-9(8-10)5-4-7-12-2/h3,9,11H,1,4-7H2,2H3. The molecule has 0 fully saturated rings. The second-order valence-corrected chi connectivity index (χ2v) is 3.50. The monoisotopic (exact) mass is 184 g/mol. The molecule has 1 N–H and O–H groups in total. The van der Waals surface area contributed by atoms with E-state index in [0.717, 1.165) is 25.1 Å². The van der Waals surface area contributed by atoms with E-state index in [4.69, 9.17) is 5.26 Å². The van der Waals surface area contributed by atoms with Crippen molar-refractivity contribution >= 4 is 11.8 Å². The van der Waals surface area contributed by atoms with Gasteiger partial charge in [-0.05, 0) is 24.9 Å². The molecule has 3 heteroatoms. The number of nitrogens with one attached hydrogen (secondary N) is 1. The molecular formula is C9H16N2S. The summed E-state index contributed by atoms with van der Waals surface area (Å²) in [7, 11) is 0. The Labute approximate surface area is 79.0 Å². The van der Waals surface area contributed by atoms with Gasteiger partial charge >= 0.3 is 0 Å². The maximum Gasteiger partial charge on any atom is 0.0955 e. The van der Waals surface area contributed by atoms with Crippen LogP contribution in [0.5, 0.6) is 0 Å². The summed E-state index contributed by atoms with van der Waals surface area (Å²) in [6, 6.07) is 2.22. The van der Waals surface area contributed by atoms with Gasteiger partial charge in [-0.1, -0.05) is 6.08 Å². The second-order valence-electron chi connectivity index (χ2n) is 2.51. The highest BCUT2D eigenvalue weighted by Gasteiger charge is 2.03. The van der Waals surface area contributed by atoms with E-state index in [9.17, 15) is 0 Å². The van der Waals surface area contributed by atoms with Gasteiger partial charge in [-0.25, -0.2) is 0 Å². The predicted molar refractivity (Wildman–Crippen MR) is 55.2 cm³/mol. The lowest BCUT2D eigenvalue weighted by Crippen LogP contribution is -2.27. The van der Waals surface area contributed by atoms with Crippen molar-refractivity contribution in [3.63, 3.8) is 0 Å². The Kier molecular flexibility index (Phi) is 8.30. The van der Waals surface area contributed by atoms with E-state index in [-0.39, 0.29) is 6.04 Å². The number of rotatable bonds is 7. The van der Waals surface area contributed by atoms with Crippen LogP contribution < -0.4 is 5.32 Å². The summed E-state index contributed by atoms with van der Waals surface area (Å²) in [5.41, 5.74) is 0. The van der Waals surface area contributed by atoms with Crippen LogP contribution in [0.3, 0.4) is 0 Å². The third-order valence-corrected chi connectivity index (χ3v) is 2.20. The molecule has 2 nitrogen and oxygen atoms in total. The molecule has 12 heavy (non-hydrogen) atoms. The van der Waals surface area contributed by atoms with Crippen molar-refractivity contribution in [2.45, 2.75) is 18.9 Å². The lowest BCUT2D eigenvalue weighted by molar-refractivity contribution is 0.593. The van der Waals surface area contributed by atoms with Crippen molar-refractivity contribution in [3.05, 3.63) is 12.7 Å². The first-order chi connectivity index (χ1) is 5.85. The fourth-order valence-corrected chi connectivity index (χ4v) is 1.32. The van der Waals surface area contributed by atoms with Crippen LogP contribution in [0.15, 0.2) is 12.7 Å². The molecule has 0 aromatic carbocycles. The van der Waals surface area contributed by atoms with Crippen molar-refractivity contribution in [1.29, 1.82) is 5.26 Å². The molecule has 0 aliphatic heterocycles. The van der Waals surface area contributed by atoms with E-state index < -0.39 is 0 Å². The average molecular weight is 184 g/mol. The molecule has 1 unspecified atom stereocenters. The minimum Gasteiger partial charge on any atom is -0.298 e. The van der Waals surface area contributed by atoms with Crippen LogP contribution in [0.25, 0.3) is 0 Å². The molecule has 0 bridgehead atoms. The first-order valence-corrected chi connectivity index (χ1v) is 5.47. The fourth-order valence-electron chi connectivity index (χ4n) is 0.870. The van der Waals surface area contributed by atoms with E-state index in [1.807, 2.05) is 11.8 Å². The molecule has 0 amide bonds. The van der Waals surface area contributed by atoms with Gasteiger partial charge in [0.15, 0.2) is 0 Å². The average Bonchev–Trinajstić information content (AvgIpc) is 2.11. The van der Waals surface area contributed by atoms with Gasteiger partial charge < -0.3 is 0 Å². The maximum absolute atomic E-state index is 8.70. The van der Waals surface area contributed by atoms with Crippen molar-refractivity contribution < 1.29 is 0 Å². The van der Waals surface area contributed by atoms with Crippen molar-refractivity contribution in [2.75, 3.05) is 18.6 Å². The Morgan fingerprint density at radius 3 is 3.00 bits per heavy atom. The summed E-state index contributed by atoms with van der Waals surface area (Å²) in [4.78, 5) is 0. The molecule has 0 radical (unpaired) electrons. The van der Waals surface area contributed by atoms with E-state index in [0.29, 0.717) is 0 Å². The Morgan fingerprint density at radius 2 is 2.50 bits per heavy atom. The third-order valence-electron chi connectivity index (χ3n) is 1.51. The van der Waals surface area contributed by atoms with E-state index >= 15 is 0 Å². The molecule has 0 aliphatic rings. The highest BCUT2D eigenvalue weighted by Crippen LogP contribution is 2.02. The van der Waals surface area contributed by atoms with Crippen LogP contribution in [-0.2, 0) is 0 Å². The molecule has 0 saturated carbocycles. The summed E-state index contributed by atoms with van der Waals surface area (Å²) in [5.74, 6) is 1.13. The molecule has 0 saturated heterocycles. The molecule has 0 rings (SSSR count). The Morgan fingerprint density at radius 1 is 1.75 bits per heavy atom. The minimum absolute atomic E-state index is 0.00449. The molecule has 0 aromatic rings. The number of hydrogen-bond acceptors (Lipinski definition) is 3. The second kappa shape index (κ2) is 8.63. The summed E-state index contributed by atoms with van der Waals surface area (Å²) >= 11 is 1.82. The van der Waals surface area contributed by atoms with Crippen LogP contribution in [0, 0.1) is 11.3 Å². The number of hydrogen-bond donors (Lipinski definition) is 1. The lowest BCUT2D eigenvalue weighted by atomic mass is 10.2. The first-order valence-electron chi connectivity index (χ1n) is 4.08. The highest BCUT2D eigenvalue weighted by molar-refractivity contribution is 7.98. The smallest absolute Gasteiger partial charge is 0.0955 e. The molecule has 0 heterocycles. The summed E-state index contributed by atoms with van der Waals surface area (Å²) in [5, 5.41) is 11.8. The zero-order valence-corrected chi connectivity index (χ0v) is 8.36. The molecule has 68 valence electrons. The zero-order valence-electron chi connectivity index (χ0n) is 7.55. The lowest BCUT2D eigenvalue weighted by Gasteiger charge is -2.08. The molecule has 0 spiro atoms. The van der Waals surface area contributed by atoms with Crippen LogP contribution in [0.4, 0.5) is 0 Å².